The molecular weight excluding hydrogens is 322 g/mol. The van der Waals surface area contributed by atoms with Gasteiger partial charge in [0, 0.05) is 29.2 Å². The van der Waals surface area contributed by atoms with Gasteiger partial charge in [0.15, 0.2) is 5.13 Å². The van der Waals surface area contributed by atoms with Gasteiger partial charge in [-0.3, -0.25) is 14.8 Å². The molecule has 7 heteroatoms. The smallest absolute Gasteiger partial charge is 0.240 e. The molecule has 2 N–H and O–H groups in total. The fourth-order valence-electron chi connectivity index (χ4n) is 3.71. The summed E-state index contributed by atoms with van der Waals surface area (Å²) < 4.78 is 0. The molecule has 1 amide bonds. The predicted molar refractivity (Wildman–Crippen MR) is 94.4 cm³/mol. The van der Waals surface area contributed by atoms with Gasteiger partial charge in [0.25, 0.3) is 0 Å². The molecule has 2 aromatic rings. The highest BCUT2D eigenvalue weighted by Gasteiger charge is 2.24. The van der Waals surface area contributed by atoms with Crippen molar-refractivity contribution in [2.24, 2.45) is 0 Å². The number of hydrogen-bond acceptors (Lipinski definition) is 5. The van der Waals surface area contributed by atoms with Crippen molar-refractivity contribution in [1.82, 2.24) is 20.1 Å². The number of nitrogens with zero attached hydrogens (tertiary/aromatic N) is 3. The Morgan fingerprint density at radius 3 is 3.12 bits per heavy atom. The molecule has 0 spiro atoms. The van der Waals surface area contributed by atoms with Crippen molar-refractivity contribution >= 4 is 22.4 Å². The zero-order valence-corrected chi connectivity index (χ0v) is 14.6. The third-order valence-corrected chi connectivity index (χ3v) is 6.00. The van der Waals surface area contributed by atoms with E-state index in [9.17, 15) is 4.79 Å². The first-order valence-corrected chi connectivity index (χ1v) is 9.59. The molecule has 2 aliphatic rings. The monoisotopic (exact) mass is 345 g/mol. The predicted octanol–water partition coefficient (Wildman–Crippen LogP) is 2.56. The lowest BCUT2D eigenvalue weighted by atomic mass is 9.95. The number of hydrogen-bond donors (Lipinski definition) is 2. The molecule has 1 saturated heterocycles. The van der Waals surface area contributed by atoms with Crippen LogP contribution >= 0.6 is 11.3 Å². The average Bonchev–Trinajstić information content (AvgIpc) is 3.24. The minimum Gasteiger partial charge on any atom is -0.301 e. The second-order valence-electron chi connectivity index (χ2n) is 6.73. The standard InChI is InChI=1S/C17H23N5OS/c23-16(20-17-19-14-5-1-2-6-15(14)24-17)11-22-9-3-4-12(10-22)13-7-8-18-21-13/h7-8,12H,1-6,9-11H2,(H,18,21)(H,19,20,23)/t12-/m1/s1. The Labute approximate surface area is 145 Å². The number of anilines is 1. The van der Waals surface area contributed by atoms with Gasteiger partial charge in [-0.1, -0.05) is 0 Å². The molecule has 0 saturated carbocycles. The van der Waals surface area contributed by atoms with Gasteiger partial charge < -0.3 is 5.32 Å². The summed E-state index contributed by atoms with van der Waals surface area (Å²) in [6.07, 6.45) is 8.69. The Morgan fingerprint density at radius 1 is 1.38 bits per heavy atom. The van der Waals surface area contributed by atoms with Crippen LogP contribution in [0.15, 0.2) is 12.3 Å². The van der Waals surface area contributed by atoms with E-state index in [0.29, 0.717) is 12.5 Å². The van der Waals surface area contributed by atoms with Crippen molar-refractivity contribution in [2.75, 3.05) is 25.0 Å². The number of piperidine rings is 1. The Morgan fingerprint density at radius 2 is 2.29 bits per heavy atom. The third kappa shape index (κ3) is 3.52. The number of aryl methyl sites for hydroxylation is 2. The first-order valence-electron chi connectivity index (χ1n) is 8.78. The van der Waals surface area contributed by atoms with Gasteiger partial charge >= 0.3 is 0 Å². The van der Waals surface area contributed by atoms with Crippen LogP contribution in [-0.4, -0.2) is 45.6 Å². The highest BCUT2D eigenvalue weighted by Crippen LogP contribution is 2.29. The highest BCUT2D eigenvalue weighted by molar-refractivity contribution is 7.15. The molecular formula is C17H23N5OS. The number of carbonyl (C=O) groups is 1. The molecule has 1 atom stereocenters. The molecule has 0 bridgehead atoms. The zero-order chi connectivity index (χ0) is 16.4. The van der Waals surface area contributed by atoms with Crippen LogP contribution in [0, 0.1) is 0 Å². The van der Waals surface area contributed by atoms with Gasteiger partial charge in [-0.15, -0.1) is 11.3 Å². The van der Waals surface area contributed by atoms with Crippen LogP contribution in [-0.2, 0) is 17.6 Å². The summed E-state index contributed by atoms with van der Waals surface area (Å²) in [5, 5.41) is 10.9. The second kappa shape index (κ2) is 7.03. The van der Waals surface area contributed by atoms with Crippen molar-refractivity contribution in [3.63, 3.8) is 0 Å². The summed E-state index contributed by atoms with van der Waals surface area (Å²) in [5.74, 6) is 0.493. The molecule has 6 nitrogen and oxygen atoms in total. The van der Waals surface area contributed by atoms with Crippen LogP contribution in [0.3, 0.4) is 0 Å². The maximum atomic E-state index is 12.4. The molecule has 0 radical (unpaired) electrons. The number of fused-ring (bicyclic) bond motifs is 1. The quantitative estimate of drug-likeness (QED) is 0.893. The van der Waals surface area contributed by atoms with Gasteiger partial charge in [-0.25, -0.2) is 4.98 Å². The molecule has 3 heterocycles. The number of aromatic amines is 1. The minimum absolute atomic E-state index is 0.0476. The fraction of sp³-hybridized carbons (Fsp3) is 0.588. The van der Waals surface area contributed by atoms with E-state index in [-0.39, 0.29) is 5.91 Å². The van der Waals surface area contributed by atoms with Gasteiger partial charge in [-0.2, -0.15) is 5.10 Å². The Kier molecular flexibility index (Phi) is 4.62. The minimum atomic E-state index is 0.0476. The van der Waals surface area contributed by atoms with Crippen LogP contribution in [0.25, 0.3) is 0 Å². The molecule has 4 rings (SSSR count). The van der Waals surface area contributed by atoms with Crippen LogP contribution in [0.1, 0.15) is 47.9 Å². The number of nitrogens with one attached hydrogen (secondary N) is 2. The van der Waals surface area contributed by atoms with E-state index in [1.807, 2.05) is 6.07 Å². The summed E-state index contributed by atoms with van der Waals surface area (Å²) >= 11 is 1.65. The average molecular weight is 345 g/mol. The van der Waals surface area contributed by atoms with Gasteiger partial charge in [0.05, 0.1) is 12.2 Å². The lowest BCUT2D eigenvalue weighted by Gasteiger charge is -2.31. The first-order chi connectivity index (χ1) is 11.8. The number of carbonyl (C=O) groups excluding carboxylic acids is 1. The third-order valence-electron chi connectivity index (χ3n) is 4.93. The van der Waals surface area contributed by atoms with Gasteiger partial charge in [0.1, 0.15) is 0 Å². The number of amides is 1. The highest BCUT2D eigenvalue weighted by atomic mass is 32.1. The summed E-state index contributed by atoms with van der Waals surface area (Å²) in [5.41, 5.74) is 2.37. The lowest BCUT2D eigenvalue weighted by molar-refractivity contribution is -0.117. The molecule has 0 unspecified atom stereocenters. The summed E-state index contributed by atoms with van der Waals surface area (Å²) in [6, 6.07) is 2.04. The van der Waals surface area contributed by atoms with Crippen molar-refractivity contribution in [2.45, 2.75) is 44.4 Å². The molecule has 1 fully saturated rings. The number of rotatable bonds is 4. The second-order valence-corrected chi connectivity index (χ2v) is 7.81. The van der Waals surface area contributed by atoms with Crippen LogP contribution in [0.5, 0.6) is 0 Å². The zero-order valence-electron chi connectivity index (χ0n) is 13.8. The fourth-order valence-corrected chi connectivity index (χ4v) is 4.78. The number of thiazole rings is 1. The van der Waals surface area contributed by atoms with Crippen molar-refractivity contribution in [3.05, 3.63) is 28.5 Å². The van der Waals surface area contributed by atoms with Gasteiger partial charge in [-0.05, 0) is 51.1 Å². The topological polar surface area (TPSA) is 73.9 Å². The molecule has 128 valence electrons. The molecule has 1 aliphatic heterocycles. The maximum Gasteiger partial charge on any atom is 0.240 e. The largest absolute Gasteiger partial charge is 0.301 e. The summed E-state index contributed by atoms with van der Waals surface area (Å²) in [7, 11) is 0. The van der Waals surface area contributed by atoms with E-state index in [1.165, 1.54) is 29.1 Å². The molecule has 1 aliphatic carbocycles. The summed E-state index contributed by atoms with van der Waals surface area (Å²) in [6.45, 7) is 2.32. The van der Waals surface area contributed by atoms with E-state index in [1.54, 1.807) is 17.5 Å². The van der Waals surface area contributed by atoms with Crippen molar-refractivity contribution in [1.29, 1.82) is 0 Å². The summed E-state index contributed by atoms with van der Waals surface area (Å²) in [4.78, 5) is 20.6. The Bertz CT molecular complexity index is 672. The van der Waals surface area contributed by atoms with E-state index in [2.05, 4.69) is 25.4 Å². The Balaban J connectivity index is 1.33. The van der Waals surface area contributed by atoms with Crippen LogP contribution in [0.4, 0.5) is 5.13 Å². The molecule has 24 heavy (non-hydrogen) atoms. The van der Waals surface area contributed by atoms with E-state index >= 15 is 0 Å². The first kappa shape index (κ1) is 15.8. The Hall–Kier alpha value is -1.73. The molecule has 2 aromatic heterocycles. The molecule has 0 aromatic carbocycles. The normalized spacial score (nSPS) is 21.4. The SMILES string of the molecule is O=C(CN1CCC[C@@H](c2ccn[nH]2)C1)Nc1nc2c(s1)CCCC2. The van der Waals surface area contributed by atoms with Crippen LogP contribution < -0.4 is 5.32 Å². The maximum absolute atomic E-state index is 12.4. The van der Waals surface area contributed by atoms with Gasteiger partial charge in [0.2, 0.25) is 5.91 Å². The van der Waals surface area contributed by atoms with E-state index in [0.717, 1.165) is 43.9 Å². The number of aromatic nitrogens is 3. The number of likely N-dealkylation sites (tertiary alicyclic amines) is 1. The van der Waals surface area contributed by atoms with E-state index < -0.39 is 0 Å². The number of H-pyrrole nitrogens is 1. The van der Waals surface area contributed by atoms with Crippen molar-refractivity contribution < 1.29 is 4.79 Å². The lowest BCUT2D eigenvalue weighted by Crippen LogP contribution is -2.39. The van der Waals surface area contributed by atoms with E-state index in [4.69, 9.17) is 0 Å². The van der Waals surface area contributed by atoms with Crippen molar-refractivity contribution in [3.8, 4) is 0 Å². The van der Waals surface area contributed by atoms with Crippen LogP contribution in [0.2, 0.25) is 0 Å².